The smallest absolute Gasteiger partial charge is 0.338 e. The summed E-state index contributed by atoms with van der Waals surface area (Å²) in [6, 6.07) is 6.85. The molecule has 3 amide bonds. The number of furan rings is 1. The van der Waals surface area contributed by atoms with E-state index in [4.69, 9.17) is 9.15 Å². The first-order valence-corrected chi connectivity index (χ1v) is 12.2. The van der Waals surface area contributed by atoms with E-state index in [0.29, 0.717) is 12.2 Å². The number of hydrogen-bond donors (Lipinski definition) is 0. The Morgan fingerprint density at radius 2 is 1.94 bits per heavy atom. The van der Waals surface area contributed by atoms with Crippen molar-refractivity contribution >= 4 is 33.5 Å². The van der Waals surface area contributed by atoms with Crippen molar-refractivity contribution in [2.24, 2.45) is 0 Å². The largest absolute Gasteiger partial charge is 0.467 e. The summed E-state index contributed by atoms with van der Waals surface area (Å²) in [5.74, 6) is -2.01. The maximum absolute atomic E-state index is 12.7. The minimum atomic E-state index is -3.17. The lowest BCUT2D eigenvalue weighted by Crippen LogP contribution is -2.43. The van der Waals surface area contributed by atoms with Crippen LogP contribution in [0.2, 0.25) is 0 Å². The van der Waals surface area contributed by atoms with Gasteiger partial charge in [0.25, 0.3) is 17.7 Å². The minimum Gasteiger partial charge on any atom is -0.467 e. The number of likely N-dealkylation sites (N-methyl/N-ethyl adjacent to an activating group) is 1. The number of ether oxygens (including phenoxy) is 1. The Labute approximate surface area is 190 Å². The monoisotopic (exact) mass is 474 g/mol. The summed E-state index contributed by atoms with van der Waals surface area (Å²) in [5, 5.41) is 0. The molecule has 33 heavy (non-hydrogen) atoms. The number of nitrogens with zero attached hydrogens (tertiary/aromatic N) is 2. The summed E-state index contributed by atoms with van der Waals surface area (Å²) in [7, 11) is -3.17. The zero-order valence-electron chi connectivity index (χ0n) is 17.9. The van der Waals surface area contributed by atoms with Gasteiger partial charge in [-0.1, -0.05) is 0 Å². The molecule has 10 nitrogen and oxygen atoms in total. The Morgan fingerprint density at radius 1 is 1.18 bits per heavy atom. The third-order valence-electron chi connectivity index (χ3n) is 5.74. The van der Waals surface area contributed by atoms with Gasteiger partial charge in [0.15, 0.2) is 16.4 Å². The van der Waals surface area contributed by atoms with Crippen molar-refractivity contribution in [3.8, 4) is 0 Å². The highest BCUT2D eigenvalue weighted by Gasteiger charge is 2.37. The Hall–Kier alpha value is -3.47. The Bertz CT molecular complexity index is 1220. The van der Waals surface area contributed by atoms with E-state index >= 15 is 0 Å². The van der Waals surface area contributed by atoms with Crippen LogP contribution in [0.5, 0.6) is 0 Å². The molecule has 1 fully saturated rings. The highest BCUT2D eigenvalue weighted by atomic mass is 32.2. The molecule has 2 aliphatic heterocycles. The molecule has 4 rings (SSSR count). The molecule has 0 aliphatic carbocycles. The van der Waals surface area contributed by atoms with E-state index in [0.717, 1.165) is 4.90 Å². The normalized spacial score (nSPS) is 18.9. The molecule has 0 saturated carbocycles. The van der Waals surface area contributed by atoms with Crippen LogP contribution in [-0.4, -0.2) is 72.6 Å². The summed E-state index contributed by atoms with van der Waals surface area (Å²) >= 11 is 0. The standard InChI is InChI=1S/C22H22N2O8S/c1-2-23(15-7-9-33(29,30)13-15)19(25)12-32-22(28)14-5-6-17-18(10-14)21(27)24(20(17)26)11-16-4-3-8-31-16/h3-6,8,10,15H,2,7,9,11-13H2,1H3/t15-/m1/s1. The maximum Gasteiger partial charge on any atom is 0.338 e. The zero-order valence-corrected chi connectivity index (χ0v) is 18.7. The third kappa shape index (κ3) is 4.54. The molecule has 0 N–H and O–H groups in total. The number of esters is 1. The second-order valence-electron chi connectivity index (χ2n) is 7.85. The molecule has 2 aromatic rings. The second kappa shape index (κ2) is 8.81. The number of imide groups is 1. The van der Waals surface area contributed by atoms with Crippen LogP contribution >= 0.6 is 0 Å². The molecule has 1 aromatic heterocycles. The number of benzene rings is 1. The van der Waals surface area contributed by atoms with Crippen molar-refractivity contribution in [1.29, 1.82) is 0 Å². The number of amides is 3. The van der Waals surface area contributed by atoms with E-state index in [1.807, 2.05) is 0 Å². The van der Waals surface area contributed by atoms with Gasteiger partial charge < -0.3 is 14.1 Å². The molecule has 0 spiro atoms. The zero-order chi connectivity index (χ0) is 23.8. The summed E-state index contributed by atoms with van der Waals surface area (Å²) in [6.45, 7) is 1.43. The molecule has 1 saturated heterocycles. The van der Waals surface area contributed by atoms with Gasteiger partial charge in [-0.2, -0.15) is 0 Å². The second-order valence-corrected chi connectivity index (χ2v) is 10.1. The van der Waals surface area contributed by atoms with Crippen LogP contribution in [-0.2, 0) is 25.9 Å². The van der Waals surface area contributed by atoms with Crippen LogP contribution in [0.1, 0.15) is 50.2 Å². The van der Waals surface area contributed by atoms with Gasteiger partial charge in [-0.05, 0) is 43.7 Å². The van der Waals surface area contributed by atoms with Gasteiger partial charge in [-0.25, -0.2) is 13.2 Å². The van der Waals surface area contributed by atoms with Gasteiger partial charge in [0.1, 0.15) is 5.76 Å². The Kier molecular flexibility index (Phi) is 6.07. The van der Waals surface area contributed by atoms with Crippen LogP contribution in [0.3, 0.4) is 0 Å². The first-order chi connectivity index (χ1) is 15.7. The van der Waals surface area contributed by atoms with Gasteiger partial charge in [0.2, 0.25) is 0 Å². The molecule has 2 aliphatic rings. The summed E-state index contributed by atoms with van der Waals surface area (Å²) in [5.41, 5.74) is 0.256. The van der Waals surface area contributed by atoms with Crippen molar-refractivity contribution in [3.05, 3.63) is 59.0 Å². The lowest BCUT2D eigenvalue weighted by Gasteiger charge is -2.26. The lowest BCUT2D eigenvalue weighted by atomic mass is 10.1. The highest BCUT2D eigenvalue weighted by Crippen LogP contribution is 2.26. The molecule has 0 bridgehead atoms. The molecule has 3 heterocycles. The number of carbonyl (C=O) groups excluding carboxylic acids is 4. The van der Waals surface area contributed by atoms with Crippen LogP contribution in [0, 0.1) is 0 Å². The van der Waals surface area contributed by atoms with Crippen molar-refractivity contribution in [3.63, 3.8) is 0 Å². The van der Waals surface area contributed by atoms with Crippen LogP contribution in [0.15, 0.2) is 41.0 Å². The first kappa shape index (κ1) is 22.7. The van der Waals surface area contributed by atoms with Gasteiger partial charge in [-0.15, -0.1) is 0 Å². The molecule has 11 heteroatoms. The molecule has 1 atom stereocenters. The van der Waals surface area contributed by atoms with Gasteiger partial charge in [0.05, 0.1) is 41.0 Å². The molecular weight excluding hydrogens is 452 g/mol. The number of hydrogen-bond acceptors (Lipinski definition) is 8. The molecule has 1 aromatic carbocycles. The van der Waals surface area contributed by atoms with E-state index in [-0.39, 0.29) is 41.3 Å². The van der Waals surface area contributed by atoms with Crippen molar-refractivity contribution in [1.82, 2.24) is 9.80 Å². The van der Waals surface area contributed by atoms with Crippen molar-refractivity contribution in [2.45, 2.75) is 25.9 Å². The molecule has 0 unspecified atom stereocenters. The molecule has 0 radical (unpaired) electrons. The minimum absolute atomic E-state index is 0.0223. The third-order valence-corrected chi connectivity index (χ3v) is 7.49. The number of fused-ring (bicyclic) bond motifs is 1. The van der Waals surface area contributed by atoms with E-state index in [2.05, 4.69) is 0 Å². The summed E-state index contributed by atoms with van der Waals surface area (Å²) in [4.78, 5) is 52.7. The molecular formula is C22H22N2O8S. The van der Waals surface area contributed by atoms with Crippen molar-refractivity contribution < 1.29 is 36.7 Å². The average molecular weight is 474 g/mol. The predicted octanol–water partition coefficient (Wildman–Crippen LogP) is 1.27. The number of sulfone groups is 1. The maximum atomic E-state index is 12.7. The van der Waals surface area contributed by atoms with E-state index in [1.165, 1.54) is 29.4 Å². The average Bonchev–Trinajstić information content (AvgIpc) is 3.48. The number of rotatable bonds is 7. The first-order valence-electron chi connectivity index (χ1n) is 10.4. The van der Waals surface area contributed by atoms with Crippen LogP contribution < -0.4 is 0 Å². The van der Waals surface area contributed by atoms with Crippen molar-refractivity contribution in [2.75, 3.05) is 24.7 Å². The SMILES string of the molecule is CCN(C(=O)COC(=O)c1ccc2c(c1)C(=O)N(Cc1ccco1)C2=O)[C@@H]1CCS(=O)(=O)C1. The van der Waals surface area contributed by atoms with E-state index in [1.54, 1.807) is 19.1 Å². The van der Waals surface area contributed by atoms with Gasteiger partial charge in [-0.3, -0.25) is 19.3 Å². The van der Waals surface area contributed by atoms with E-state index in [9.17, 15) is 27.6 Å². The Balaban J connectivity index is 1.41. The Morgan fingerprint density at radius 3 is 2.58 bits per heavy atom. The van der Waals surface area contributed by atoms with Crippen LogP contribution in [0.4, 0.5) is 0 Å². The quantitative estimate of drug-likeness (QED) is 0.433. The number of carbonyl (C=O) groups is 4. The fourth-order valence-electron chi connectivity index (χ4n) is 4.07. The molecule has 174 valence electrons. The van der Waals surface area contributed by atoms with E-state index < -0.39 is 46.2 Å². The lowest BCUT2D eigenvalue weighted by molar-refractivity contribution is -0.136. The topological polar surface area (TPSA) is 131 Å². The summed E-state index contributed by atoms with van der Waals surface area (Å²) < 4.78 is 33.7. The fourth-order valence-corrected chi connectivity index (χ4v) is 5.80. The van der Waals surface area contributed by atoms with Gasteiger partial charge >= 0.3 is 5.97 Å². The predicted molar refractivity (Wildman–Crippen MR) is 114 cm³/mol. The summed E-state index contributed by atoms with van der Waals surface area (Å²) in [6.07, 6.45) is 1.79. The highest BCUT2D eigenvalue weighted by molar-refractivity contribution is 7.91. The fraction of sp³-hybridized carbons (Fsp3) is 0.364. The van der Waals surface area contributed by atoms with Gasteiger partial charge in [0, 0.05) is 12.6 Å². The van der Waals surface area contributed by atoms with Crippen LogP contribution in [0.25, 0.3) is 0 Å².